The van der Waals surface area contributed by atoms with Crippen molar-refractivity contribution in [3.8, 4) is 11.5 Å². The molecule has 0 aliphatic heterocycles. The van der Waals surface area contributed by atoms with E-state index < -0.39 is 0 Å². The lowest BCUT2D eigenvalue weighted by molar-refractivity contribution is 0.230. The Morgan fingerprint density at radius 1 is 1.04 bits per heavy atom. The number of anilines is 1. The highest BCUT2D eigenvalue weighted by molar-refractivity contribution is 5.87. The summed E-state index contributed by atoms with van der Waals surface area (Å²) in [4.78, 5) is 6.90. The first kappa shape index (κ1) is 18.8. The zero-order valence-corrected chi connectivity index (χ0v) is 15.8. The Bertz CT molecular complexity index is 690. The van der Waals surface area contributed by atoms with Crippen LogP contribution in [0.15, 0.2) is 47.5 Å². The predicted octanol–water partition coefficient (Wildman–Crippen LogP) is 5.08. The number of hydrogen-bond donors (Lipinski definition) is 0. The topological polar surface area (TPSA) is 34.1 Å². The van der Waals surface area contributed by atoms with Crippen molar-refractivity contribution in [3.63, 3.8) is 0 Å². The minimum Gasteiger partial charge on any atom is -0.493 e. The number of para-hydroxylation sites is 1. The molecule has 0 fully saturated rings. The maximum absolute atomic E-state index is 5.91. The van der Waals surface area contributed by atoms with Crippen LogP contribution in [-0.2, 0) is 0 Å². The normalized spacial score (nSPS) is 11.1. The molecule has 2 aromatic carbocycles. The molecule has 0 saturated carbocycles. The Hall–Kier alpha value is -2.49. The van der Waals surface area contributed by atoms with E-state index in [1.54, 1.807) is 7.11 Å². The van der Waals surface area contributed by atoms with Crippen molar-refractivity contribution in [2.24, 2.45) is 4.99 Å². The van der Waals surface area contributed by atoms with E-state index in [-0.39, 0.29) is 6.10 Å². The summed E-state index contributed by atoms with van der Waals surface area (Å²) >= 11 is 0. The third-order valence-corrected chi connectivity index (χ3v) is 3.91. The maximum atomic E-state index is 5.91. The van der Waals surface area contributed by atoms with Crippen molar-refractivity contribution in [1.82, 2.24) is 0 Å². The van der Waals surface area contributed by atoms with Crippen LogP contribution in [0.1, 0.15) is 33.3 Å². The zero-order chi connectivity index (χ0) is 18.2. The van der Waals surface area contributed by atoms with E-state index in [2.05, 4.69) is 35.9 Å². The van der Waals surface area contributed by atoms with Crippen LogP contribution < -0.4 is 14.4 Å². The number of hydrogen-bond acceptors (Lipinski definition) is 4. The summed E-state index contributed by atoms with van der Waals surface area (Å²) in [5.74, 6) is 1.44. The molecule has 0 aromatic heterocycles. The first-order chi connectivity index (χ1) is 12.1. The van der Waals surface area contributed by atoms with Gasteiger partial charge in [-0.25, -0.2) is 0 Å². The second-order valence-electron chi connectivity index (χ2n) is 5.99. The molecule has 4 nitrogen and oxygen atoms in total. The summed E-state index contributed by atoms with van der Waals surface area (Å²) in [6.45, 7) is 10.3. The van der Waals surface area contributed by atoms with Crippen LogP contribution in [0.25, 0.3) is 0 Å². The molecule has 4 heteroatoms. The van der Waals surface area contributed by atoms with Crippen molar-refractivity contribution in [2.75, 3.05) is 25.1 Å². The second kappa shape index (κ2) is 9.11. The van der Waals surface area contributed by atoms with Crippen molar-refractivity contribution in [2.45, 2.75) is 33.8 Å². The Morgan fingerprint density at radius 3 is 2.28 bits per heavy atom. The van der Waals surface area contributed by atoms with Gasteiger partial charge in [-0.05, 0) is 64.1 Å². The number of aliphatic imine (C=N–C) groups is 1. The lowest BCUT2D eigenvalue weighted by Gasteiger charge is -2.20. The van der Waals surface area contributed by atoms with Crippen LogP contribution in [0.5, 0.6) is 11.5 Å². The van der Waals surface area contributed by atoms with E-state index in [1.165, 1.54) is 5.69 Å². The lowest BCUT2D eigenvalue weighted by Crippen LogP contribution is -2.21. The van der Waals surface area contributed by atoms with Gasteiger partial charge in [0, 0.05) is 30.6 Å². The van der Waals surface area contributed by atoms with Crippen molar-refractivity contribution < 1.29 is 9.47 Å². The van der Waals surface area contributed by atoms with Gasteiger partial charge in [-0.1, -0.05) is 6.07 Å². The largest absolute Gasteiger partial charge is 0.493 e. The fourth-order valence-electron chi connectivity index (χ4n) is 2.64. The summed E-state index contributed by atoms with van der Waals surface area (Å²) in [6.07, 6.45) is 1.89. The molecular formula is C21H28N2O2. The molecule has 0 heterocycles. The molecule has 0 aliphatic carbocycles. The summed E-state index contributed by atoms with van der Waals surface area (Å²) in [6, 6.07) is 14.1. The number of rotatable bonds is 8. The average molecular weight is 340 g/mol. The molecule has 0 atom stereocenters. The van der Waals surface area contributed by atoms with Gasteiger partial charge in [-0.15, -0.1) is 0 Å². The fraction of sp³-hybridized carbons (Fsp3) is 0.381. The first-order valence-electron chi connectivity index (χ1n) is 8.81. The molecule has 2 rings (SSSR count). The Morgan fingerprint density at radius 2 is 1.72 bits per heavy atom. The summed E-state index contributed by atoms with van der Waals surface area (Å²) in [7, 11) is 1.65. The zero-order valence-electron chi connectivity index (χ0n) is 15.8. The molecule has 0 saturated heterocycles. The van der Waals surface area contributed by atoms with Crippen LogP contribution in [0, 0.1) is 0 Å². The highest BCUT2D eigenvalue weighted by Crippen LogP contribution is 2.31. The van der Waals surface area contributed by atoms with Gasteiger partial charge in [-0.3, -0.25) is 4.99 Å². The molecule has 2 aromatic rings. The van der Waals surface area contributed by atoms with Gasteiger partial charge in [-0.2, -0.15) is 0 Å². The van der Waals surface area contributed by atoms with Crippen LogP contribution in [0.3, 0.4) is 0 Å². The van der Waals surface area contributed by atoms with Crippen molar-refractivity contribution >= 4 is 17.6 Å². The average Bonchev–Trinajstić information content (AvgIpc) is 2.62. The van der Waals surface area contributed by atoms with E-state index in [0.29, 0.717) is 0 Å². The molecule has 0 bridgehead atoms. The van der Waals surface area contributed by atoms with Crippen LogP contribution in [0.4, 0.5) is 11.4 Å². The molecule has 0 N–H and O–H groups in total. The molecule has 0 radical (unpaired) electrons. The van der Waals surface area contributed by atoms with E-state index in [4.69, 9.17) is 9.47 Å². The van der Waals surface area contributed by atoms with Gasteiger partial charge in [0.15, 0.2) is 11.5 Å². The minimum atomic E-state index is 0.0665. The molecule has 25 heavy (non-hydrogen) atoms. The molecule has 0 aliphatic rings. The van der Waals surface area contributed by atoms with Crippen LogP contribution >= 0.6 is 0 Å². The van der Waals surface area contributed by atoms with E-state index in [0.717, 1.165) is 35.8 Å². The lowest BCUT2D eigenvalue weighted by atomic mass is 10.2. The van der Waals surface area contributed by atoms with Gasteiger partial charge >= 0.3 is 0 Å². The molecule has 0 spiro atoms. The molecule has 0 unspecified atom stereocenters. The third kappa shape index (κ3) is 4.99. The van der Waals surface area contributed by atoms with Crippen LogP contribution in [-0.4, -0.2) is 32.5 Å². The van der Waals surface area contributed by atoms with E-state index in [9.17, 15) is 0 Å². The summed E-state index contributed by atoms with van der Waals surface area (Å²) in [5, 5.41) is 0. The minimum absolute atomic E-state index is 0.0665. The van der Waals surface area contributed by atoms with Gasteiger partial charge in [0.25, 0.3) is 0 Å². The number of nitrogens with zero attached hydrogens (tertiary/aromatic N) is 2. The Balaban J connectivity index is 2.24. The summed E-state index contributed by atoms with van der Waals surface area (Å²) in [5.41, 5.74) is 3.03. The Kier molecular flexibility index (Phi) is 6.87. The monoisotopic (exact) mass is 340 g/mol. The number of ether oxygens (including phenoxy) is 2. The van der Waals surface area contributed by atoms with Crippen molar-refractivity contribution in [1.29, 1.82) is 0 Å². The van der Waals surface area contributed by atoms with Gasteiger partial charge in [0.2, 0.25) is 0 Å². The second-order valence-corrected chi connectivity index (χ2v) is 5.99. The standard InChI is InChI=1S/C21H28N2O2/c1-6-23(7-2)19-13-11-18(12-14-19)22-15-17-9-8-10-20(24-5)21(17)25-16(3)4/h8-16H,6-7H2,1-5H3. The van der Waals surface area contributed by atoms with Gasteiger partial charge < -0.3 is 14.4 Å². The number of methoxy groups -OCH3 is 1. The van der Waals surface area contributed by atoms with Crippen molar-refractivity contribution in [3.05, 3.63) is 48.0 Å². The van der Waals surface area contributed by atoms with Gasteiger partial charge in [0.05, 0.1) is 18.9 Å². The number of benzene rings is 2. The highest BCUT2D eigenvalue weighted by Gasteiger charge is 2.10. The van der Waals surface area contributed by atoms with E-state index in [1.807, 2.05) is 50.4 Å². The third-order valence-electron chi connectivity index (χ3n) is 3.91. The highest BCUT2D eigenvalue weighted by atomic mass is 16.5. The smallest absolute Gasteiger partial charge is 0.170 e. The first-order valence-corrected chi connectivity index (χ1v) is 8.81. The Labute approximate surface area is 151 Å². The SMILES string of the molecule is CCN(CC)c1ccc(N=Cc2cccc(OC)c2OC(C)C)cc1. The maximum Gasteiger partial charge on any atom is 0.170 e. The van der Waals surface area contributed by atoms with Gasteiger partial charge in [0.1, 0.15) is 0 Å². The molecule has 134 valence electrons. The fourth-order valence-corrected chi connectivity index (χ4v) is 2.64. The van der Waals surface area contributed by atoms with Crippen LogP contribution in [0.2, 0.25) is 0 Å². The van der Waals surface area contributed by atoms with E-state index >= 15 is 0 Å². The molecule has 0 amide bonds. The molecular weight excluding hydrogens is 312 g/mol. The predicted molar refractivity (Wildman–Crippen MR) is 106 cm³/mol. The summed E-state index contributed by atoms with van der Waals surface area (Å²) < 4.78 is 11.3. The quantitative estimate of drug-likeness (QED) is 0.629.